The van der Waals surface area contributed by atoms with Crippen LogP contribution in [0.25, 0.3) is 0 Å². The Hall–Kier alpha value is -4.85. The first kappa shape index (κ1) is 26.4. The van der Waals surface area contributed by atoms with Crippen molar-refractivity contribution in [2.45, 2.75) is 51.1 Å². The van der Waals surface area contributed by atoms with Crippen molar-refractivity contribution in [2.24, 2.45) is 0 Å². The van der Waals surface area contributed by atoms with Crippen LogP contribution >= 0.6 is 0 Å². The largest absolute Gasteiger partial charge is 0.337 e. The highest BCUT2D eigenvalue weighted by Crippen LogP contribution is 2.34. The quantitative estimate of drug-likeness (QED) is 0.265. The number of nitrogens with zero attached hydrogens (tertiary/aromatic N) is 2. The van der Waals surface area contributed by atoms with Gasteiger partial charge in [-0.25, -0.2) is 10.2 Å². The van der Waals surface area contributed by atoms with Gasteiger partial charge in [0.1, 0.15) is 5.69 Å². The number of carbonyl (C=O) groups is 3. The van der Waals surface area contributed by atoms with Gasteiger partial charge in [0, 0.05) is 22.6 Å². The number of benzene rings is 3. The van der Waals surface area contributed by atoms with Crippen molar-refractivity contribution >= 4 is 29.2 Å². The van der Waals surface area contributed by atoms with Crippen LogP contribution in [0.2, 0.25) is 0 Å². The molecule has 6 rings (SSSR count). The van der Waals surface area contributed by atoms with Crippen molar-refractivity contribution in [2.75, 3.05) is 10.2 Å². The molecule has 2 heterocycles. The first-order valence-electron chi connectivity index (χ1n) is 14.2. The van der Waals surface area contributed by atoms with Crippen LogP contribution in [0.3, 0.4) is 0 Å². The monoisotopic (exact) mass is 547 g/mol. The number of hydrazine groups is 1. The van der Waals surface area contributed by atoms with Gasteiger partial charge in [0.2, 0.25) is 0 Å². The van der Waals surface area contributed by atoms with Gasteiger partial charge in [-0.15, -0.1) is 0 Å². The minimum Gasteiger partial charge on any atom is -0.334 e. The van der Waals surface area contributed by atoms with Gasteiger partial charge in [-0.3, -0.25) is 15.0 Å². The van der Waals surface area contributed by atoms with Gasteiger partial charge < -0.3 is 14.8 Å². The molecule has 41 heavy (non-hydrogen) atoms. The summed E-state index contributed by atoms with van der Waals surface area (Å²) in [6.45, 7) is 0.733. The predicted octanol–water partition coefficient (Wildman–Crippen LogP) is 6.21. The van der Waals surface area contributed by atoms with Crippen LogP contribution < -0.4 is 21.1 Å². The minimum atomic E-state index is -0.552. The number of aromatic nitrogens is 1. The maximum atomic E-state index is 13.9. The van der Waals surface area contributed by atoms with Crippen LogP contribution in [0.1, 0.15) is 75.7 Å². The number of nitrogens with one attached hydrogen (secondary N) is 3. The Morgan fingerprint density at radius 2 is 1.44 bits per heavy atom. The molecular weight excluding hydrogens is 514 g/mol. The minimum absolute atomic E-state index is 0.0763. The first-order chi connectivity index (χ1) is 20.1. The van der Waals surface area contributed by atoms with Crippen LogP contribution in [0.5, 0.6) is 0 Å². The molecule has 3 N–H and O–H groups in total. The zero-order valence-electron chi connectivity index (χ0n) is 22.8. The Morgan fingerprint density at radius 3 is 2.22 bits per heavy atom. The molecule has 8 nitrogen and oxygen atoms in total. The topological polar surface area (TPSA) is 95.5 Å². The predicted molar refractivity (Wildman–Crippen MR) is 159 cm³/mol. The Kier molecular flexibility index (Phi) is 7.54. The van der Waals surface area contributed by atoms with E-state index in [1.165, 1.54) is 37.7 Å². The van der Waals surface area contributed by atoms with Crippen LogP contribution in [0.15, 0.2) is 91.0 Å². The summed E-state index contributed by atoms with van der Waals surface area (Å²) in [5.41, 5.74) is 10.4. The summed E-state index contributed by atoms with van der Waals surface area (Å²) in [4.78, 5) is 41.0. The lowest BCUT2D eigenvalue weighted by Crippen LogP contribution is -2.44. The second kappa shape index (κ2) is 11.7. The summed E-state index contributed by atoms with van der Waals surface area (Å²) >= 11 is 0. The van der Waals surface area contributed by atoms with E-state index in [0.717, 1.165) is 16.9 Å². The molecule has 0 radical (unpaired) electrons. The molecule has 8 heteroatoms. The molecule has 0 atom stereocenters. The van der Waals surface area contributed by atoms with Gasteiger partial charge in [-0.1, -0.05) is 67.8 Å². The van der Waals surface area contributed by atoms with E-state index in [9.17, 15) is 14.4 Å². The number of urea groups is 1. The summed E-state index contributed by atoms with van der Waals surface area (Å²) in [6, 6.07) is 27.9. The van der Waals surface area contributed by atoms with E-state index >= 15 is 0 Å². The van der Waals surface area contributed by atoms with Gasteiger partial charge in [0.15, 0.2) is 0 Å². The molecule has 1 fully saturated rings. The Labute approximate surface area is 239 Å². The summed E-state index contributed by atoms with van der Waals surface area (Å²) in [6.07, 6.45) is 6.28. The molecule has 2 aliphatic rings. The summed E-state index contributed by atoms with van der Waals surface area (Å²) in [7, 11) is 0. The zero-order valence-corrected chi connectivity index (χ0v) is 22.8. The van der Waals surface area contributed by atoms with Crippen LogP contribution in [0.4, 0.5) is 16.2 Å². The number of para-hydroxylation sites is 2. The molecule has 0 unspecified atom stereocenters. The first-order valence-corrected chi connectivity index (χ1v) is 14.2. The molecule has 208 valence electrons. The fourth-order valence-electron chi connectivity index (χ4n) is 5.89. The number of rotatable bonds is 4. The fraction of sp³-hybridized carbons (Fsp3) is 0.242. The van der Waals surface area contributed by atoms with Gasteiger partial charge >= 0.3 is 6.03 Å². The number of amides is 4. The second-order valence-electron chi connectivity index (χ2n) is 10.7. The van der Waals surface area contributed by atoms with Crippen molar-refractivity contribution in [1.82, 2.24) is 15.4 Å². The normalized spacial score (nSPS) is 14.8. The molecule has 1 aliphatic heterocycles. The van der Waals surface area contributed by atoms with Gasteiger partial charge in [0.05, 0.1) is 13.1 Å². The molecule has 0 spiro atoms. The third-order valence-corrected chi connectivity index (χ3v) is 8.04. The van der Waals surface area contributed by atoms with Crippen LogP contribution in [-0.2, 0) is 13.1 Å². The number of hydrogen-bond acceptors (Lipinski definition) is 3. The number of carbonyl (C=O) groups excluding carboxylic acids is 3. The van der Waals surface area contributed by atoms with E-state index < -0.39 is 11.9 Å². The molecule has 3 aromatic carbocycles. The Morgan fingerprint density at radius 1 is 0.707 bits per heavy atom. The average Bonchev–Trinajstić information content (AvgIpc) is 3.33. The molecule has 1 aromatic heterocycles. The van der Waals surface area contributed by atoms with E-state index in [1.807, 2.05) is 65.2 Å². The third kappa shape index (κ3) is 5.72. The standard InChI is InChI=1S/C33H33N5O3/c39-31(35-36-33(41)34-27-12-5-2-6-13-27)30-20-19-28-22-38(29-14-8-7-11-26(29)21-37(28)30)32(40)25-17-15-24(16-18-25)23-9-3-1-4-10-23/h2,5-8,11-20,23H,1,3-4,9-10,21-22H2,(H,35,39)(H2,34,36,41). The lowest BCUT2D eigenvalue weighted by Gasteiger charge is -2.24. The Balaban J connectivity index is 1.20. The molecule has 1 aliphatic carbocycles. The highest BCUT2D eigenvalue weighted by Gasteiger charge is 2.27. The molecule has 0 bridgehead atoms. The summed E-state index contributed by atoms with van der Waals surface area (Å²) in [5.74, 6) is 0.0566. The second-order valence-corrected chi connectivity index (χ2v) is 10.7. The highest BCUT2D eigenvalue weighted by atomic mass is 16.2. The van der Waals surface area contributed by atoms with Gasteiger partial charge in [0.25, 0.3) is 11.8 Å². The number of anilines is 2. The number of fused-ring (bicyclic) bond motifs is 2. The van der Waals surface area contributed by atoms with Crippen molar-refractivity contribution in [3.63, 3.8) is 0 Å². The van der Waals surface area contributed by atoms with Crippen molar-refractivity contribution in [3.05, 3.63) is 119 Å². The van der Waals surface area contributed by atoms with Crippen LogP contribution in [0, 0.1) is 0 Å². The lowest BCUT2D eigenvalue weighted by atomic mass is 9.84. The van der Waals surface area contributed by atoms with E-state index in [4.69, 9.17) is 0 Å². The molecule has 4 aromatic rings. The van der Waals surface area contributed by atoms with Crippen molar-refractivity contribution in [3.8, 4) is 0 Å². The average molecular weight is 548 g/mol. The molecule has 4 amide bonds. The molecule has 1 saturated carbocycles. The maximum Gasteiger partial charge on any atom is 0.337 e. The Bertz CT molecular complexity index is 1560. The van der Waals surface area contributed by atoms with Crippen molar-refractivity contribution < 1.29 is 14.4 Å². The maximum absolute atomic E-state index is 13.9. The van der Waals surface area contributed by atoms with Crippen LogP contribution in [-0.4, -0.2) is 22.4 Å². The SMILES string of the molecule is O=C(NNC(=O)c1ccc2n1Cc1ccccc1N(C(=O)c1ccc(C3CCCCC3)cc1)C2)Nc1ccccc1. The van der Waals surface area contributed by atoms with E-state index in [0.29, 0.717) is 36.0 Å². The van der Waals surface area contributed by atoms with Crippen molar-refractivity contribution in [1.29, 1.82) is 0 Å². The lowest BCUT2D eigenvalue weighted by molar-refractivity contribution is 0.0928. The molecular formula is C33H33N5O3. The smallest absolute Gasteiger partial charge is 0.334 e. The molecule has 0 saturated heterocycles. The fourth-order valence-corrected chi connectivity index (χ4v) is 5.89. The number of hydrogen-bond donors (Lipinski definition) is 3. The van der Waals surface area contributed by atoms with Gasteiger partial charge in [-0.05, 0) is 72.4 Å². The summed E-state index contributed by atoms with van der Waals surface area (Å²) in [5, 5.41) is 2.67. The van der Waals surface area contributed by atoms with Gasteiger partial charge in [-0.2, -0.15) is 0 Å². The highest BCUT2D eigenvalue weighted by molar-refractivity contribution is 6.06. The van der Waals surface area contributed by atoms with E-state index in [1.54, 1.807) is 23.1 Å². The van der Waals surface area contributed by atoms with E-state index in [-0.39, 0.29) is 5.91 Å². The zero-order chi connectivity index (χ0) is 28.2. The third-order valence-electron chi connectivity index (χ3n) is 8.04. The van der Waals surface area contributed by atoms with E-state index in [2.05, 4.69) is 28.3 Å². The summed E-state index contributed by atoms with van der Waals surface area (Å²) < 4.78 is 1.89.